The molecule has 3 aromatic rings. The first-order valence-electron chi connectivity index (χ1n) is 9.80. The first kappa shape index (κ1) is 21.4. The second-order valence-electron chi connectivity index (χ2n) is 7.14. The molecule has 0 spiro atoms. The fourth-order valence-corrected chi connectivity index (χ4v) is 4.91. The molecule has 0 atom stereocenters. The molecule has 0 fully saturated rings. The molecule has 9 heteroatoms. The van der Waals surface area contributed by atoms with Gasteiger partial charge in [-0.1, -0.05) is 23.9 Å². The van der Waals surface area contributed by atoms with Crippen LogP contribution in [0.25, 0.3) is 11.1 Å². The Labute approximate surface area is 188 Å². The average molecular weight is 449 g/mol. The largest absolute Gasteiger partial charge is 0.355 e. The van der Waals surface area contributed by atoms with E-state index in [9.17, 15) is 19.7 Å². The van der Waals surface area contributed by atoms with Crippen LogP contribution in [0.3, 0.4) is 0 Å². The second kappa shape index (κ2) is 8.35. The summed E-state index contributed by atoms with van der Waals surface area (Å²) in [6.45, 7) is 1.84. The number of anilines is 2. The standard InChI is InChI=1S/C23H20N4O4S/c1-12-17(22(28)24-2)18(13-8-10-14(11-9-13)27(30)31)19(23(29)25-3)20-21(12)32-16-7-5-4-6-15(16)26-20/h4-11,26H,1-3H3,(H,24,28)(H,25,29). The van der Waals surface area contributed by atoms with Crippen molar-refractivity contribution in [2.45, 2.75) is 16.7 Å². The molecule has 1 aliphatic heterocycles. The van der Waals surface area contributed by atoms with Crippen LogP contribution >= 0.6 is 11.8 Å². The van der Waals surface area contributed by atoms with E-state index in [4.69, 9.17) is 0 Å². The number of hydrogen-bond acceptors (Lipinski definition) is 6. The molecule has 0 aliphatic carbocycles. The van der Waals surface area contributed by atoms with Crippen LogP contribution in [-0.2, 0) is 0 Å². The van der Waals surface area contributed by atoms with Crippen LogP contribution in [0, 0.1) is 17.0 Å². The minimum absolute atomic E-state index is 0.0750. The van der Waals surface area contributed by atoms with Gasteiger partial charge in [-0.3, -0.25) is 19.7 Å². The Hall–Kier alpha value is -3.85. The van der Waals surface area contributed by atoms with Crippen LogP contribution in [0.15, 0.2) is 58.3 Å². The number of nitro benzene ring substituents is 1. The lowest BCUT2D eigenvalue weighted by molar-refractivity contribution is -0.384. The summed E-state index contributed by atoms with van der Waals surface area (Å²) >= 11 is 1.49. The van der Waals surface area contributed by atoms with E-state index in [0.29, 0.717) is 33.5 Å². The van der Waals surface area contributed by atoms with Gasteiger partial charge in [0.15, 0.2) is 0 Å². The van der Waals surface area contributed by atoms with Crippen molar-refractivity contribution in [2.75, 3.05) is 19.4 Å². The number of carbonyl (C=O) groups is 2. The fraction of sp³-hybridized carbons (Fsp3) is 0.130. The number of non-ortho nitro benzene ring substituents is 1. The molecule has 1 heterocycles. The lowest BCUT2D eigenvalue weighted by atomic mass is 9.88. The van der Waals surface area contributed by atoms with E-state index in [0.717, 1.165) is 15.5 Å². The number of nitro groups is 1. The maximum absolute atomic E-state index is 13.1. The van der Waals surface area contributed by atoms with Crippen LogP contribution in [0.5, 0.6) is 0 Å². The topological polar surface area (TPSA) is 113 Å². The number of hydrogen-bond donors (Lipinski definition) is 3. The van der Waals surface area contributed by atoms with E-state index in [1.54, 1.807) is 12.1 Å². The van der Waals surface area contributed by atoms with Crippen molar-refractivity contribution in [1.82, 2.24) is 10.6 Å². The SMILES string of the molecule is CNC(=O)c1c(C)c2c(c(C(=O)NC)c1-c1ccc([N+](=O)[O-])cc1)Nc1ccccc1S2. The Morgan fingerprint density at radius 3 is 2.22 bits per heavy atom. The molecule has 0 saturated carbocycles. The maximum Gasteiger partial charge on any atom is 0.269 e. The zero-order valence-electron chi connectivity index (χ0n) is 17.6. The summed E-state index contributed by atoms with van der Waals surface area (Å²) in [6, 6.07) is 13.6. The van der Waals surface area contributed by atoms with Crippen molar-refractivity contribution in [3.8, 4) is 11.1 Å². The zero-order valence-corrected chi connectivity index (χ0v) is 18.4. The highest BCUT2D eigenvalue weighted by Gasteiger charge is 2.32. The van der Waals surface area contributed by atoms with Gasteiger partial charge in [0.05, 0.1) is 27.4 Å². The number of benzene rings is 3. The summed E-state index contributed by atoms with van der Waals surface area (Å²) in [5.74, 6) is -0.712. The predicted octanol–water partition coefficient (Wildman–Crippen LogP) is 4.50. The molecule has 8 nitrogen and oxygen atoms in total. The third-order valence-electron chi connectivity index (χ3n) is 5.33. The van der Waals surface area contributed by atoms with Gasteiger partial charge >= 0.3 is 0 Å². The molecule has 3 aromatic carbocycles. The molecule has 4 rings (SSSR count). The molecule has 2 amide bonds. The quantitative estimate of drug-likeness (QED) is 0.313. The van der Waals surface area contributed by atoms with Gasteiger partial charge in [-0.2, -0.15) is 0 Å². The molecule has 3 N–H and O–H groups in total. The smallest absolute Gasteiger partial charge is 0.269 e. The van der Waals surface area contributed by atoms with E-state index in [1.165, 1.54) is 38.0 Å². The maximum atomic E-state index is 13.1. The van der Waals surface area contributed by atoms with Crippen LogP contribution in [0.2, 0.25) is 0 Å². The molecule has 162 valence electrons. The highest BCUT2D eigenvalue weighted by molar-refractivity contribution is 7.99. The fourth-order valence-electron chi connectivity index (χ4n) is 3.80. The predicted molar refractivity (Wildman–Crippen MR) is 124 cm³/mol. The summed E-state index contributed by atoms with van der Waals surface area (Å²) in [5.41, 5.74) is 3.71. The first-order valence-corrected chi connectivity index (χ1v) is 10.6. The monoisotopic (exact) mass is 448 g/mol. The Kier molecular flexibility index (Phi) is 5.58. The van der Waals surface area contributed by atoms with Crippen molar-refractivity contribution in [2.24, 2.45) is 0 Å². The Morgan fingerprint density at radius 1 is 0.969 bits per heavy atom. The van der Waals surface area contributed by atoms with Crippen LogP contribution in [-0.4, -0.2) is 30.8 Å². The number of carbonyl (C=O) groups excluding carboxylic acids is 2. The van der Waals surface area contributed by atoms with Crippen molar-refractivity contribution in [3.63, 3.8) is 0 Å². The van der Waals surface area contributed by atoms with Gasteiger partial charge in [0, 0.05) is 41.6 Å². The van der Waals surface area contributed by atoms with Crippen LogP contribution < -0.4 is 16.0 Å². The summed E-state index contributed by atoms with van der Waals surface area (Å²) in [6.07, 6.45) is 0. The zero-order chi connectivity index (χ0) is 23.0. The van der Waals surface area contributed by atoms with Gasteiger partial charge in [-0.05, 0) is 42.3 Å². The number of nitrogens with one attached hydrogen (secondary N) is 3. The lowest BCUT2D eigenvalue weighted by Gasteiger charge is -2.28. The highest BCUT2D eigenvalue weighted by Crippen LogP contribution is 2.51. The van der Waals surface area contributed by atoms with Crippen molar-refractivity contribution in [1.29, 1.82) is 0 Å². The Balaban J connectivity index is 2.07. The van der Waals surface area contributed by atoms with Gasteiger partial charge in [-0.25, -0.2) is 0 Å². The molecule has 0 unspecified atom stereocenters. The van der Waals surface area contributed by atoms with Crippen LogP contribution in [0.1, 0.15) is 26.3 Å². The molecule has 0 bridgehead atoms. The number of rotatable bonds is 4. The summed E-state index contributed by atoms with van der Waals surface area (Å²) in [4.78, 5) is 38.6. The van der Waals surface area contributed by atoms with E-state index in [-0.39, 0.29) is 17.5 Å². The molecular weight excluding hydrogens is 428 g/mol. The molecule has 1 aliphatic rings. The molecule has 0 saturated heterocycles. The van der Waals surface area contributed by atoms with Gasteiger partial charge in [0.25, 0.3) is 17.5 Å². The van der Waals surface area contributed by atoms with Gasteiger partial charge in [0.2, 0.25) is 0 Å². The first-order chi connectivity index (χ1) is 15.4. The molecule has 0 aromatic heterocycles. The number of para-hydroxylation sites is 1. The number of nitrogens with zero attached hydrogens (tertiary/aromatic N) is 1. The lowest BCUT2D eigenvalue weighted by Crippen LogP contribution is -2.26. The Morgan fingerprint density at radius 2 is 1.59 bits per heavy atom. The summed E-state index contributed by atoms with van der Waals surface area (Å²) < 4.78 is 0. The highest BCUT2D eigenvalue weighted by atomic mass is 32.2. The van der Waals surface area contributed by atoms with Crippen molar-refractivity contribution >= 4 is 40.6 Å². The molecular formula is C23H20N4O4S. The normalized spacial score (nSPS) is 11.6. The van der Waals surface area contributed by atoms with Gasteiger partial charge in [0.1, 0.15) is 0 Å². The van der Waals surface area contributed by atoms with E-state index < -0.39 is 4.92 Å². The van der Waals surface area contributed by atoms with Crippen molar-refractivity contribution in [3.05, 3.63) is 75.3 Å². The number of fused-ring (bicyclic) bond motifs is 2. The second-order valence-corrected chi connectivity index (χ2v) is 8.19. The summed E-state index contributed by atoms with van der Waals surface area (Å²) in [7, 11) is 3.05. The molecule has 32 heavy (non-hydrogen) atoms. The number of amides is 2. The third kappa shape index (κ3) is 3.46. The minimum atomic E-state index is -0.490. The van der Waals surface area contributed by atoms with Crippen molar-refractivity contribution < 1.29 is 14.5 Å². The minimum Gasteiger partial charge on any atom is -0.355 e. The summed E-state index contributed by atoms with van der Waals surface area (Å²) in [5, 5.41) is 19.8. The Bertz CT molecular complexity index is 1270. The van der Waals surface area contributed by atoms with E-state index >= 15 is 0 Å². The average Bonchev–Trinajstić information content (AvgIpc) is 2.82. The van der Waals surface area contributed by atoms with E-state index in [2.05, 4.69) is 16.0 Å². The third-order valence-corrected chi connectivity index (χ3v) is 6.62. The van der Waals surface area contributed by atoms with E-state index in [1.807, 2.05) is 31.2 Å². The van der Waals surface area contributed by atoms with Crippen LogP contribution in [0.4, 0.5) is 17.1 Å². The van der Waals surface area contributed by atoms with Gasteiger partial charge in [-0.15, -0.1) is 0 Å². The van der Waals surface area contributed by atoms with Gasteiger partial charge < -0.3 is 16.0 Å². The molecule has 0 radical (unpaired) electrons.